The van der Waals surface area contributed by atoms with Gasteiger partial charge in [0.25, 0.3) is 6.43 Å². The van der Waals surface area contributed by atoms with Crippen LogP contribution >= 0.6 is 0 Å². The Labute approximate surface area is 161 Å². The van der Waals surface area contributed by atoms with E-state index in [4.69, 9.17) is 19.8 Å². The lowest BCUT2D eigenvalue weighted by atomic mass is 9.84. The van der Waals surface area contributed by atoms with Gasteiger partial charge in [-0.25, -0.2) is 8.78 Å². The third kappa shape index (κ3) is 5.18. The van der Waals surface area contributed by atoms with E-state index >= 15 is 0 Å². The molecule has 1 fully saturated rings. The number of pyridine rings is 1. The van der Waals surface area contributed by atoms with Gasteiger partial charge < -0.3 is 19.8 Å². The molecule has 0 radical (unpaired) electrons. The van der Waals surface area contributed by atoms with Gasteiger partial charge in [0.1, 0.15) is 18.1 Å². The Hall–Kier alpha value is -1.25. The van der Waals surface area contributed by atoms with E-state index in [1.54, 1.807) is 6.07 Å². The molecule has 1 aliphatic heterocycles. The Morgan fingerprint density at radius 1 is 1.19 bits per heavy atom. The SMILES string of the molecule is CC(C)CC(C)(N)COc1ccc(B2OC(C)(C)C(C)(C)O2)nc1C(F)F. The smallest absolute Gasteiger partial charge is 0.490 e. The summed E-state index contributed by atoms with van der Waals surface area (Å²) in [5.41, 5.74) is 4.32. The maximum Gasteiger partial charge on any atom is 0.514 e. The standard InChI is InChI=1S/C19H31BF2N2O3/c1-12(2)10-19(7,23)11-25-13-8-9-14(24-15(13)16(21)22)20-26-17(3,4)18(5,6)27-20/h8-9,12,16H,10-11,23H2,1-7H3. The number of nitrogens with zero attached hydrogens (tertiary/aromatic N) is 1. The van der Waals surface area contributed by atoms with Gasteiger partial charge in [0.15, 0.2) is 0 Å². The van der Waals surface area contributed by atoms with Crippen LogP contribution in [-0.2, 0) is 9.31 Å². The maximum atomic E-state index is 13.6. The maximum absolute atomic E-state index is 13.6. The fourth-order valence-electron chi connectivity index (χ4n) is 3.09. The highest BCUT2D eigenvalue weighted by atomic mass is 19.3. The van der Waals surface area contributed by atoms with Gasteiger partial charge in [-0.3, -0.25) is 4.98 Å². The first-order valence-electron chi connectivity index (χ1n) is 9.30. The molecule has 2 N–H and O–H groups in total. The van der Waals surface area contributed by atoms with Crippen LogP contribution in [0.2, 0.25) is 0 Å². The lowest BCUT2D eigenvalue weighted by Gasteiger charge is -2.32. The zero-order chi connectivity index (χ0) is 20.6. The normalized spacial score (nSPS) is 21.0. The average molecular weight is 384 g/mol. The molecule has 1 aromatic rings. The minimum absolute atomic E-state index is 0.0331. The molecule has 0 amide bonds. The topological polar surface area (TPSA) is 66.6 Å². The van der Waals surface area contributed by atoms with Gasteiger partial charge in [-0.15, -0.1) is 0 Å². The molecule has 8 heteroatoms. The third-order valence-corrected chi connectivity index (χ3v) is 5.04. The highest BCUT2D eigenvalue weighted by Gasteiger charge is 2.52. The molecule has 152 valence electrons. The van der Waals surface area contributed by atoms with Crippen molar-refractivity contribution in [1.82, 2.24) is 4.98 Å². The van der Waals surface area contributed by atoms with Gasteiger partial charge in [-0.1, -0.05) is 13.8 Å². The van der Waals surface area contributed by atoms with Crippen molar-refractivity contribution in [3.63, 3.8) is 0 Å². The number of hydrogen-bond acceptors (Lipinski definition) is 5. The summed E-state index contributed by atoms with van der Waals surface area (Å²) in [5, 5.41) is 0. The summed E-state index contributed by atoms with van der Waals surface area (Å²) >= 11 is 0. The van der Waals surface area contributed by atoms with Crippen molar-refractivity contribution in [1.29, 1.82) is 0 Å². The summed E-state index contributed by atoms with van der Waals surface area (Å²) in [5.74, 6) is 0.410. The predicted octanol–water partition coefficient (Wildman–Crippen LogP) is 3.46. The molecule has 1 atom stereocenters. The minimum Gasteiger partial charge on any atom is -0.490 e. The van der Waals surface area contributed by atoms with Crippen LogP contribution in [-0.4, -0.2) is 35.5 Å². The molecule has 0 spiro atoms. The van der Waals surface area contributed by atoms with E-state index in [2.05, 4.69) is 18.8 Å². The zero-order valence-corrected chi connectivity index (χ0v) is 17.3. The minimum atomic E-state index is -2.78. The monoisotopic (exact) mass is 384 g/mol. The van der Waals surface area contributed by atoms with Gasteiger partial charge in [0, 0.05) is 5.54 Å². The number of alkyl halides is 2. The molecule has 1 aliphatic rings. The van der Waals surface area contributed by atoms with E-state index in [1.165, 1.54) is 6.07 Å². The number of hydrogen-bond donors (Lipinski definition) is 1. The Kier molecular flexibility index (Phi) is 6.24. The van der Waals surface area contributed by atoms with Crippen LogP contribution in [0.4, 0.5) is 8.78 Å². The molecular weight excluding hydrogens is 353 g/mol. The number of aromatic nitrogens is 1. The molecule has 5 nitrogen and oxygen atoms in total. The summed E-state index contributed by atoms with van der Waals surface area (Å²) in [6.45, 7) is 13.7. The van der Waals surface area contributed by atoms with Crippen molar-refractivity contribution in [2.75, 3.05) is 6.61 Å². The summed E-state index contributed by atoms with van der Waals surface area (Å²) in [7, 11) is -0.803. The number of ether oxygens (including phenoxy) is 1. The highest BCUT2D eigenvalue weighted by molar-refractivity contribution is 6.61. The molecule has 27 heavy (non-hydrogen) atoms. The van der Waals surface area contributed by atoms with Crippen molar-refractivity contribution in [3.8, 4) is 5.75 Å². The van der Waals surface area contributed by atoms with Crippen LogP contribution in [0.3, 0.4) is 0 Å². The number of nitrogens with two attached hydrogens (primary N) is 1. The lowest BCUT2D eigenvalue weighted by molar-refractivity contribution is 0.00578. The van der Waals surface area contributed by atoms with Crippen molar-refractivity contribution < 1.29 is 22.8 Å². The Balaban J connectivity index is 2.20. The molecule has 2 heterocycles. The fraction of sp³-hybridized carbons (Fsp3) is 0.737. The van der Waals surface area contributed by atoms with Crippen LogP contribution < -0.4 is 16.1 Å². The fourth-order valence-corrected chi connectivity index (χ4v) is 3.09. The van der Waals surface area contributed by atoms with Gasteiger partial charge >= 0.3 is 7.12 Å². The highest BCUT2D eigenvalue weighted by Crippen LogP contribution is 2.36. The second-order valence-electron chi connectivity index (χ2n) is 9.05. The van der Waals surface area contributed by atoms with Crippen LogP contribution in [0, 0.1) is 5.92 Å². The van der Waals surface area contributed by atoms with Crippen molar-refractivity contribution in [2.24, 2.45) is 11.7 Å². The van der Waals surface area contributed by atoms with Crippen LogP contribution in [0.5, 0.6) is 5.75 Å². The number of halogens is 2. The summed E-state index contributed by atoms with van der Waals surface area (Å²) in [6.07, 6.45) is -2.06. The molecule has 1 aromatic heterocycles. The summed E-state index contributed by atoms with van der Waals surface area (Å²) in [4.78, 5) is 4.08. The van der Waals surface area contributed by atoms with E-state index < -0.39 is 36.0 Å². The quantitative estimate of drug-likeness (QED) is 0.730. The molecule has 1 unspecified atom stereocenters. The Bertz CT molecular complexity index is 650. The second-order valence-corrected chi connectivity index (χ2v) is 9.05. The van der Waals surface area contributed by atoms with Crippen LogP contribution in [0.15, 0.2) is 12.1 Å². The van der Waals surface area contributed by atoms with E-state index in [0.29, 0.717) is 11.5 Å². The lowest BCUT2D eigenvalue weighted by Crippen LogP contribution is -2.43. The summed E-state index contributed by atoms with van der Waals surface area (Å²) in [6, 6.07) is 3.08. The molecule has 0 saturated carbocycles. The molecule has 0 aliphatic carbocycles. The van der Waals surface area contributed by atoms with Gasteiger partial charge in [-0.05, 0) is 59.1 Å². The molecule has 0 bridgehead atoms. The van der Waals surface area contributed by atoms with E-state index in [-0.39, 0.29) is 12.4 Å². The van der Waals surface area contributed by atoms with E-state index in [1.807, 2.05) is 34.6 Å². The first-order chi connectivity index (χ1) is 12.2. The van der Waals surface area contributed by atoms with Gasteiger partial charge in [-0.2, -0.15) is 0 Å². The Morgan fingerprint density at radius 2 is 1.74 bits per heavy atom. The molecule has 2 rings (SSSR count). The van der Waals surface area contributed by atoms with E-state index in [0.717, 1.165) is 6.42 Å². The van der Waals surface area contributed by atoms with Crippen molar-refractivity contribution in [2.45, 2.75) is 78.1 Å². The van der Waals surface area contributed by atoms with Crippen molar-refractivity contribution >= 4 is 12.7 Å². The van der Waals surface area contributed by atoms with Crippen LogP contribution in [0.1, 0.15) is 67.0 Å². The average Bonchev–Trinajstić information content (AvgIpc) is 2.72. The molecule has 0 aromatic carbocycles. The predicted molar refractivity (Wildman–Crippen MR) is 102 cm³/mol. The van der Waals surface area contributed by atoms with Gasteiger partial charge in [0.05, 0.1) is 16.8 Å². The largest absolute Gasteiger partial charge is 0.514 e. The zero-order valence-electron chi connectivity index (χ0n) is 17.3. The first kappa shape index (κ1) is 22.0. The Morgan fingerprint density at radius 3 is 2.22 bits per heavy atom. The molecular formula is C19H31BF2N2O3. The first-order valence-corrected chi connectivity index (χ1v) is 9.30. The van der Waals surface area contributed by atoms with E-state index in [9.17, 15) is 8.78 Å². The number of rotatable bonds is 7. The van der Waals surface area contributed by atoms with Crippen LogP contribution in [0.25, 0.3) is 0 Å². The summed E-state index contributed by atoms with van der Waals surface area (Å²) < 4.78 is 44.5. The second kappa shape index (κ2) is 7.64. The van der Waals surface area contributed by atoms with Crippen molar-refractivity contribution in [3.05, 3.63) is 17.8 Å². The molecule has 1 saturated heterocycles. The van der Waals surface area contributed by atoms with Gasteiger partial charge in [0.2, 0.25) is 0 Å². The third-order valence-electron chi connectivity index (χ3n) is 5.04.